The minimum atomic E-state index is -0.585. The van der Waals surface area contributed by atoms with Gasteiger partial charge < -0.3 is 19.5 Å². The van der Waals surface area contributed by atoms with Gasteiger partial charge in [-0.2, -0.15) is 0 Å². The zero-order chi connectivity index (χ0) is 19.7. The van der Waals surface area contributed by atoms with Crippen LogP contribution in [-0.4, -0.2) is 11.8 Å². The van der Waals surface area contributed by atoms with Gasteiger partial charge in [0.1, 0.15) is 17.1 Å². The molecule has 0 atom stereocenters. The van der Waals surface area contributed by atoms with Gasteiger partial charge >= 0.3 is 0 Å². The molecule has 0 fully saturated rings. The number of benzene rings is 2. The van der Waals surface area contributed by atoms with Crippen molar-refractivity contribution in [1.82, 2.24) is 0 Å². The quantitative estimate of drug-likeness (QED) is 0.441. The van der Waals surface area contributed by atoms with Crippen molar-refractivity contribution >= 4 is 50.1 Å². The van der Waals surface area contributed by atoms with Gasteiger partial charge in [-0.05, 0) is 64.5 Å². The van der Waals surface area contributed by atoms with E-state index in [2.05, 4.69) is 26.6 Å². The number of amides is 2. The molecule has 2 aromatic carbocycles. The summed E-state index contributed by atoms with van der Waals surface area (Å²) in [6, 6.07) is 15.3. The monoisotopic (exact) mass is 442 g/mol. The van der Waals surface area contributed by atoms with E-state index in [0.29, 0.717) is 21.3 Å². The van der Waals surface area contributed by atoms with Crippen LogP contribution in [0.1, 0.15) is 21.1 Å². The van der Waals surface area contributed by atoms with Gasteiger partial charge in [-0.15, -0.1) is 0 Å². The summed E-state index contributed by atoms with van der Waals surface area (Å²) in [5, 5.41) is 5.85. The van der Waals surface area contributed by atoms with Crippen molar-refractivity contribution in [3.63, 3.8) is 0 Å². The molecule has 8 heteroatoms. The summed E-state index contributed by atoms with van der Waals surface area (Å²) in [7, 11) is 0. The Bertz CT molecular complexity index is 1180. The molecule has 4 aromatic rings. The van der Waals surface area contributed by atoms with E-state index in [1.165, 1.54) is 30.3 Å². The van der Waals surface area contributed by atoms with Crippen LogP contribution in [0, 0.1) is 5.82 Å². The number of para-hydroxylation sites is 1. The van der Waals surface area contributed by atoms with E-state index in [1.807, 2.05) is 0 Å². The Hall–Kier alpha value is -3.39. The second-order valence-electron chi connectivity index (χ2n) is 5.82. The highest BCUT2D eigenvalue weighted by atomic mass is 79.9. The summed E-state index contributed by atoms with van der Waals surface area (Å²) < 4.78 is 24.4. The van der Waals surface area contributed by atoms with Crippen LogP contribution in [-0.2, 0) is 0 Å². The molecule has 0 aliphatic rings. The van der Waals surface area contributed by atoms with E-state index in [4.69, 9.17) is 8.83 Å². The first kappa shape index (κ1) is 18.0. The molecule has 0 aliphatic carbocycles. The minimum absolute atomic E-state index is 0.0713. The molecular weight excluding hydrogens is 431 g/mol. The van der Waals surface area contributed by atoms with Crippen molar-refractivity contribution in [3.8, 4) is 0 Å². The van der Waals surface area contributed by atoms with Gasteiger partial charge in [-0.3, -0.25) is 9.59 Å². The van der Waals surface area contributed by atoms with Crippen LogP contribution in [0.2, 0.25) is 0 Å². The second-order valence-corrected chi connectivity index (χ2v) is 6.60. The number of hydrogen-bond acceptors (Lipinski definition) is 4. The van der Waals surface area contributed by atoms with Crippen LogP contribution in [0.4, 0.5) is 15.8 Å². The Balaban J connectivity index is 1.69. The van der Waals surface area contributed by atoms with Gasteiger partial charge in [-0.1, -0.05) is 12.1 Å². The third kappa shape index (κ3) is 3.54. The zero-order valence-electron chi connectivity index (χ0n) is 14.2. The molecule has 2 N–H and O–H groups in total. The van der Waals surface area contributed by atoms with Gasteiger partial charge in [0.25, 0.3) is 11.8 Å². The number of carbonyl (C=O) groups is 2. The first-order chi connectivity index (χ1) is 13.5. The molecule has 0 saturated carbocycles. The maximum atomic E-state index is 13.1. The fourth-order valence-corrected chi connectivity index (χ4v) is 2.97. The van der Waals surface area contributed by atoms with Crippen LogP contribution >= 0.6 is 15.9 Å². The molecule has 0 unspecified atom stereocenters. The molecule has 28 heavy (non-hydrogen) atoms. The molecule has 0 saturated heterocycles. The largest absolute Gasteiger partial charge is 0.449 e. The molecular formula is C20H12BrFN2O4. The maximum absolute atomic E-state index is 13.1. The summed E-state index contributed by atoms with van der Waals surface area (Å²) in [4.78, 5) is 25.2. The Morgan fingerprint density at radius 1 is 0.857 bits per heavy atom. The van der Waals surface area contributed by atoms with Gasteiger partial charge in [0.05, 0.1) is 0 Å². The van der Waals surface area contributed by atoms with E-state index < -0.39 is 17.6 Å². The Morgan fingerprint density at radius 2 is 1.61 bits per heavy atom. The molecule has 2 aromatic heterocycles. The fourth-order valence-electron chi connectivity index (χ4n) is 2.66. The average molecular weight is 443 g/mol. The number of furan rings is 2. The van der Waals surface area contributed by atoms with Crippen molar-refractivity contribution in [2.45, 2.75) is 0 Å². The maximum Gasteiger partial charge on any atom is 0.293 e. The summed E-state index contributed by atoms with van der Waals surface area (Å²) in [6.07, 6.45) is 0. The highest BCUT2D eigenvalue weighted by molar-refractivity contribution is 9.10. The number of carbonyl (C=O) groups excluding carboxylic acids is 2. The Morgan fingerprint density at radius 3 is 2.32 bits per heavy atom. The van der Waals surface area contributed by atoms with Crippen molar-refractivity contribution in [3.05, 3.63) is 82.7 Å². The van der Waals surface area contributed by atoms with Crippen LogP contribution in [0.5, 0.6) is 0 Å². The third-order valence-electron chi connectivity index (χ3n) is 3.94. The van der Waals surface area contributed by atoms with Crippen LogP contribution in [0.3, 0.4) is 0 Å². The van der Waals surface area contributed by atoms with Crippen LogP contribution in [0.15, 0.2) is 74.2 Å². The molecule has 4 rings (SSSR count). The molecule has 0 aliphatic heterocycles. The number of anilines is 2. The lowest BCUT2D eigenvalue weighted by molar-refractivity contribution is 0.0994. The van der Waals surface area contributed by atoms with Crippen LogP contribution in [0.25, 0.3) is 11.0 Å². The topological polar surface area (TPSA) is 84.5 Å². The highest BCUT2D eigenvalue weighted by Crippen LogP contribution is 2.32. The molecule has 140 valence electrons. The number of halogens is 2. The van der Waals surface area contributed by atoms with Gasteiger partial charge in [0.15, 0.2) is 10.4 Å². The Labute approximate surface area is 166 Å². The van der Waals surface area contributed by atoms with Crippen molar-refractivity contribution < 1.29 is 22.8 Å². The average Bonchev–Trinajstić information content (AvgIpc) is 3.28. The van der Waals surface area contributed by atoms with Gasteiger partial charge in [-0.25, -0.2) is 4.39 Å². The second kappa shape index (κ2) is 7.32. The van der Waals surface area contributed by atoms with Gasteiger partial charge in [0.2, 0.25) is 5.76 Å². The number of nitrogens with one attached hydrogen (secondary N) is 2. The summed E-state index contributed by atoms with van der Waals surface area (Å²) in [5.41, 5.74) is 1.04. The fraction of sp³-hybridized carbons (Fsp3) is 0. The molecule has 2 amide bonds. The van der Waals surface area contributed by atoms with E-state index in [0.717, 1.165) is 0 Å². The summed E-state index contributed by atoms with van der Waals surface area (Å²) >= 11 is 3.14. The number of fused-ring (bicyclic) bond motifs is 1. The predicted octanol–water partition coefficient (Wildman–Crippen LogP) is 5.43. The smallest absolute Gasteiger partial charge is 0.293 e. The van der Waals surface area contributed by atoms with Crippen molar-refractivity contribution in [2.24, 2.45) is 0 Å². The molecule has 0 bridgehead atoms. The lowest BCUT2D eigenvalue weighted by atomic mass is 10.2. The molecule has 6 nitrogen and oxygen atoms in total. The molecule has 2 heterocycles. The van der Waals surface area contributed by atoms with Gasteiger partial charge in [0, 0.05) is 11.1 Å². The molecule has 0 spiro atoms. The van der Waals surface area contributed by atoms with E-state index >= 15 is 0 Å². The normalized spacial score (nSPS) is 10.8. The number of hydrogen-bond donors (Lipinski definition) is 2. The Kier molecular flexibility index (Phi) is 4.70. The third-order valence-corrected chi connectivity index (χ3v) is 4.37. The van der Waals surface area contributed by atoms with Crippen molar-refractivity contribution in [2.75, 3.05) is 10.6 Å². The zero-order valence-corrected chi connectivity index (χ0v) is 15.7. The number of rotatable bonds is 4. The lowest BCUT2D eigenvalue weighted by Crippen LogP contribution is -2.16. The lowest BCUT2D eigenvalue weighted by Gasteiger charge is -2.06. The standard InChI is InChI=1S/C20H12BrFN2O4/c21-16-10-9-15(27-16)19(25)24-17-13-3-1-2-4-14(13)28-18(17)20(26)23-12-7-5-11(22)6-8-12/h1-10H,(H,23,26)(H,24,25). The van der Waals surface area contributed by atoms with E-state index in [9.17, 15) is 14.0 Å². The van der Waals surface area contributed by atoms with E-state index in [1.54, 1.807) is 30.3 Å². The van der Waals surface area contributed by atoms with Crippen molar-refractivity contribution in [1.29, 1.82) is 0 Å². The minimum Gasteiger partial charge on any atom is -0.449 e. The first-order valence-corrected chi connectivity index (χ1v) is 8.96. The molecule has 0 radical (unpaired) electrons. The first-order valence-electron chi connectivity index (χ1n) is 8.16. The van der Waals surface area contributed by atoms with Crippen LogP contribution < -0.4 is 10.6 Å². The SMILES string of the molecule is O=C(Nc1c(C(=O)Nc2ccc(F)cc2)oc2ccccc12)c1ccc(Br)o1. The predicted molar refractivity (Wildman–Crippen MR) is 105 cm³/mol. The van der Waals surface area contributed by atoms with E-state index in [-0.39, 0.29) is 17.2 Å². The summed E-state index contributed by atoms with van der Waals surface area (Å²) in [6.45, 7) is 0. The summed E-state index contributed by atoms with van der Waals surface area (Å²) in [5.74, 6) is -1.54. The highest BCUT2D eigenvalue weighted by Gasteiger charge is 2.23.